The monoisotopic (exact) mass is 245 g/mol. The van der Waals surface area contributed by atoms with Gasteiger partial charge in [-0.3, -0.25) is 4.98 Å². The second kappa shape index (κ2) is 5.17. The molecule has 0 amide bonds. The lowest BCUT2D eigenvalue weighted by Crippen LogP contribution is -2.06. The minimum atomic E-state index is -0.276. The first kappa shape index (κ1) is 12.6. The Morgan fingerprint density at radius 3 is 2.56 bits per heavy atom. The van der Waals surface area contributed by atoms with Crippen LogP contribution in [-0.2, 0) is 0 Å². The van der Waals surface area contributed by atoms with Gasteiger partial charge in [0.1, 0.15) is 11.6 Å². The van der Waals surface area contributed by atoms with Crippen LogP contribution >= 0.6 is 0 Å². The van der Waals surface area contributed by atoms with E-state index in [-0.39, 0.29) is 11.9 Å². The van der Waals surface area contributed by atoms with Gasteiger partial charge in [0.2, 0.25) is 0 Å². The summed E-state index contributed by atoms with van der Waals surface area (Å²) in [4.78, 5) is 4.23. The predicted octanol–water partition coefficient (Wildman–Crippen LogP) is 3.98. The van der Waals surface area contributed by atoms with Crippen LogP contribution in [0.4, 0.5) is 4.39 Å². The van der Waals surface area contributed by atoms with Crippen molar-refractivity contribution >= 4 is 0 Å². The van der Waals surface area contributed by atoms with Crippen LogP contribution in [0.1, 0.15) is 19.5 Å². The van der Waals surface area contributed by atoms with Crippen molar-refractivity contribution in [3.05, 3.63) is 48.0 Å². The van der Waals surface area contributed by atoms with E-state index in [0.29, 0.717) is 5.75 Å². The fourth-order valence-corrected chi connectivity index (χ4v) is 1.71. The van der Waals surface area contributed by atoms with Crippen LogP contribution in [0.5, 0.6) is 5.75 Å². The minimum Gasteiger partial charge on any atom is -0.490 e. The Labute approximate surface area is 106 Å². The van der Waals surface area contributed by atoms with E-state index in [1.165, 1.54) is 12.1 Å². The molecule has 0 bridgehead atoms. The Kier molecular flexibility index (Phi) is 3.60. The second-order valence-corrected chi connectivity index (χ2v) is 4.50. The van der Waals surface area contributed by atoms with Gasteiger partial charge in [0, 0.05) is 23.0 Å². The van der Waals surface area contributed by atoms with Gasteiger partial charge in [0.05, 0.1) is 6.10 Å². The summed E-state index contributed by atoms with van der Waals surface area (Å²) in [6.45, 7) is 5.81. The number of aromatic nitrogens is 1. The van der Waals surface area contributed by atoms with Gasteiger partial charge in [-0.1, -0.05) is 6.07 Å². The number of nitrogens with zero attached hydrogens (tertiary/aromatic N) is 1. The smallest absolute Gasteiger partial charge is 0.127 e. The van der Waals surface area contributed by atoms with Crippen molar-refractivity contribution < 1.29 is 9.13 Å². The van der Waals surface area contributed by atoms with Gasteiger partial charge in [-0.25, -0.2) is 4.39 Å². The molecular weight excluding hydrogens is 229 g/mol. The average Bonchev–Trinajstić information content (AvgIpc) is 2.32. The van der Waals surface area contributed by atoms with E-state index in [1.54, 1.807) is 12.3 Å². The van der Waals surface area contributed by atoms with Gasteiger partial charge in [-0.15, -0.1) is 0 Å². The van der Waals surface area contributed by atoms with Crippen LogP contribution in [0.15, 0.2) is 36.5 Å². The molecule has 18 heavy (non-hydrogen) atoms. The Balaban J connectivity index is 2.47. The third-order valence-corrected chi connectivity index (χ3v) is 2.53. The molecule has 2 nitrogen and oxygen atoms in total. The van der Waals surface area contributed by atoms with Crippen molar-refractivity contribution in [2.24, 2.45) is 0 Å². The van der Waals surface area contributed by atoms with Gasteiger partial charge in [-0.2, -0.15) is 0 Å². The molecule has 0 unspecified atom stereocenters. The largest absolute Gasteiger partial charge is 0.490 e. The zero-order valence-electron chi connectivity index (χ0n) is 10.8. The minimum absolute atomic E-state index is 0.0487. The molecule has 0 fully saturated rings. The molecule has 0 atom stereocenters. The van der Waals surface area contributed by atoms with Crippen molar-refractivity contribution in [3.8, 4) is 16.9 Å². The highest BCUT2D eigenvalue weighted by molar-refractivity contribution is 5.69. The summed E-state index contributed by atoms with van der Waals surface area (Å²) in [6.07, 6.45) is 1.78. The molecule has 3 heteroatoms. The number of benzene rings is 1. The fraction of sp³-hybridized carbons (Fsp3) is 0.267. The van der Waals surface area contributed by atoms with Gasteiger partial charge in [-0.05, 0) is 45.0 Å². The molecule has 0 aliphatic carbocycles. The summed E-state index contributed by atoms with van der Waals surface area (Å²) in [6, 6.07) is 8.36. The quantitative estimate of drug-likeness (QED) is 0.815. The highest BCUT2D eigenvalue weighted by Gasteiger charge is 2.09. The summed E-state index contributed by atoms with van der Waals surface area (Å²) in [5.74, 6) is 0.402. The van der Waals surface area contributed by atoms with E-state index < -0.39 is 0 Å². The zero-order valence-corrected chi connectivity index (χ0v) is 10.8. The number of hydrogen-bond acceptors (Lipinski definition) is 2. The number of halogens is 1. The molecule has 0 aliphatic heterocycles. The number of rotatable bonds is 3. The molecule has 1 aromatic heterocycles. The lowest BCUT2D eigenvalue weighted by Gasteiger charge is -2.14. The third kappa shape index (κ3) is 2.86. The highest BCUT2D eigenvalue weighted by Crippen LogP contribution is 2.31. The van der Waals surface area contributed by atoms with Crippen molar-refractivity contribution in [1.29, 1.82) is 0 Å². The standard InChI is InChI=1S/C15H16FNO/c1-10(2)18-15-7-6-13(16)8-14(15)12-5-4-11(3)17-9-12/h4-10H,1-3H3. The number of pyridine rings is 1. The first-order valence-corrected chi connectivity index (χ1v) is 5.95. The predicted molar refractivity (Wildman–Crippen MR) is 70.1 cm³/mol. The molecule has 1 aromatic carbocycles. The lowest BCUT2D eigenvalue weighted by atomic mass is 10.1. The van der Waals surface area contributed by atoms with Crippen molar-refractivity contribution in [1.82, 2.24) is 4.98 Å². The molecule has 0 saturated heterocycles. The molecule has 0 spiro atoms. The first-order chi connectivity index (χ1) is 8.56. The van der Waals surface area contributed by atoms with E-state index >= 15 is 0 Å². The Morgan fingerprint density at radius 1 is 1.17 bits per heavy atom. The SMILES string of the molecule is Cc1ccc(-c2cc(F)ccc2OC(C)C)cn1. The molecule has 0 aliphatic rings. The van der Waals surface area contributed by atoms with Crippen molar-refractivity contribution in [3.63, 3.8) is 0 Å². The summed E-state index contributed by atoms with van der Waals surface area (Å²) in [7, 11) is 0. The van der Waals surface area contributed by atoms with E-state index in [2.05, 4.69) is 4.98 Å². The van der Waals surface area contributed by atoms with Crippen molar-refractivity contribution in [2.75, 3.05) is 0 Å². The lowest BCUT2D eigenvalue weighted by molar-refractivity contribution is 0.243. The van der Waals surface area contributed by atoms with E-state index in [9.17, 15) is 4.39 Å². The van der Waals surface area contributed by atoms with Gasteiger partial charge >= 0.3 is 0 Å². The molecular formula is C15H16FNO. The number of aryl methyl sites for hydroxylation is 1. The van der Waals surface area contributed by atoms with Crippen molar-refractivity contribution in [2.45, 2.75) is 26.9 Å². The van der Waals surface area contributed by atoms with E-state index in [4.69, 9.17) is 4.74 Å². The molecule has 94 valence electrons. The summed E-state index contributed by atoms with van der Waals surface area (Å²) in [5, 5.41) is 0. The molecule has 0 saturated carbocycles. The summed E-state index contributed by atoms with van der Waals surface area (Å²) < 4.78 is 19.1. The van der Waals surface area contributed by atoms with E-state index in [1.807, 2.05) is 32.9 Å². The van der Waals surface area contributed by atoms with E-state index in [0.717, 1.165) is 16.8 Å². The Morgan fingerprint density at radius 2 is 1.94 bits per heavy atom. The van der Waals surface area contributed by atoms with Gasteiger partial charge in [0.15, 0.2) is 0 Å². The molecule has 0 N–H and O–H groups in total. The molecule has 1 heterocycles. The fourth-order valence-electron chi connectivity index (χ4n) is 1.71. The van der Waals surface area contributed by atoms with Gasteiger partial charge < -0.3 is 4.74 Å². The van der Waals surface area contributed by atoms with Crippen LogP contribution in [-0.4, -0.2) is 11.1 Å². The summed E-state index contributed by atoms with van der Waals surface area (Å²) in [5.41, 5.74) is 2.52. The Hall–Kier alpha value is -1.90. The van der Waals surface area contributed by atoms with Crippen LogP contribution in [0.25, 0.3) is 11.1 Å². The van der Waals surface area contributed by atoms with Gasteiger partial charge in [0.25, 0.3) is 0 Å². The number of hydrogen-bond donors (Lipinski definition) is 0. The highest BCUT2D eigenvalue weighted by atomic mass is 19.1. The van der Waals surface area contributed by atoms with Crippen LogP contribution in [0, 0.1) is 12.7 Å². The zero-order chi connectivity index (χ0) is 13.1. The maximum Gasteiger partial charge on any atom is 0.127 e. The molecule has 2 aromatic rings. The number of ether oxygens (including phenoxy) is 1. The molecule has 0 radical (unpaired) electrons. The van der Waals surface area contributed by atoms with Crippen LogP contribution < -0.4 is 4.74 Å². The normalized spacial score (nSPS) is 10.7. The topological polar surface area (TPSA) is 22.1 Å². The van der Waals surface area contributed by atoms with Crippen LogP contribution in [0.2, 0.25) is 0 Å². The second-order valence-electron chi connectivity index (χ2n) is 4.50. The summed E-state index contributed by atoms with van der Waals surface area (Å²) >= 11 is 0. The molecule has 2 rings (SSSR count). The maximum absolute atomic E-state index is 13.4. The first-order valence-electron chi connectivity index (χ1n) is 5.95. The third-order valence-electron chi connectivity index (χ3n) is 2.53. The Bertz CT molecular complexity index is 535. The van der Waals surface area contributed by atoms with Crippen LogP contribution in [0.3, 0.4) is 0 Å². The maximum atomic E-state index is 13.4. The average molecular weight is 245 g/mol.